The molecule has 0 saturated carbocycles. The van der Waals surface area contributed by atoms with Gasteiger partial charge in [0.15, 0.2) is 12.0 Å². The first-order chi connectivity index (χ1) is 9.35. The Balaban J connectivity index is 2.09. The maximum Gasteiger partial charge on any atom is 0.172 e. The molecule has 0 N–H and O–H groups in total. The number of unbranched alkanes of at least 4 members (excludes halogenated alkanes) is 1. The van der Waals surface area contributed by atoms with Crippen LogP contribution in [0.25, 0.3) is 0 Å². The number of rotatable bonds is 7. The molecule has 1 heterocycles. The fraction of sp³-hybridized carbons (Fsp3) is 0.357. The van der Waals surface area contributed by atoms with E-state index in [0.29, 0.717) is 12.3 Å². The second-order valence-electron chi connectivity index (χ2n) is 4.22. The molecule has 19 heavy (non-hydrogen) atoms. The van der Waals surface area contributed by atoms with E-state index in [4.69, 9.17) is 4.74 Å². The van der Waals surface area contributed by atoms with E-state index in [9.17, 15) is 4.79 Å². The lowest BCUT2D eigenvalue weighted by Gasteiger charge is -2.08. The van der Waals surface area contributed by atoms with Gasteiger partial charge in [0.25, 0.3) is 0 Å². The number of hydrogen-bond acceptors (Lipinski definition) is 4. The number of aryl methyl sites for hydroxylation is 1. The monoisotopic (exact) mass is 259 g/mol. The number of ether oxygens (including phenoxy) is 1. The van der Waals surface area contributed by atoms with Crippen LogP contribution in [0, 0.1) is 0 Å². The van der Waals surface area contributed by atoms with Crippen LogP contribution in [0.1, 0.15) is 35.9 Å². The van der Waals surface area contributed by atoms with Gasteiger partial charge in [-0.1, -0.05) is 36.8 Å². The molecule has 0 bridgehead atoms. The van der Waals surface area contributed by atoms with Gasteiger partial charge in [0.05, 0.1) is 0 Å². The van der Waals surface area contributed by atoms with Crippen LogP contribution in [0.15, 0.2) is 30.3 Å². The van der Waals surface area contributed by atoms with Crippen molar-refractivity contribution in [3.8, 4) is 5.75 Å². The van der Waals surface area contributed by atoms with Crippen molar-refractivity contribution in [1.29, 1.82) is 0 Å². The molecule has 2 aromatic rings. The summed E-state index contributed by atoms with van der Waals surface area (Å²) in [4.78, 5) is 11.0. The number of carbonyl (C=O) groups excluding carboxylic acids is 1. The molecule has 0 radical (unpaired) electrons. The SMILES string of the molecule is CCCCn1nnc(C=O)c1COc1ccccc1. The maximum atomic E-state index is 11.0. The molecule has 1 aromatic carbocycles. The lowest BCUT2D eigenvalue weighted by molar-refractivity contribution is 0.111. The standard InChI is InChI=1S/C14H17N3O2/c1-2-3-9-17-14(13(10-18)15-16-17)11-19-12-7-5-4-6-8-12/h4-8,10H,2-3,9,11H2,1H3. The van der Waals surface area contributed by atoms with E-state index in [1.807, 2.05) is 30.3 Å². The largest absolute Gasteiger partial charge is 0.487 e. The molecule has 0 fully saturated rings. The van der Waals surface area contributed by atoms with Crippen molar-refractivity contribution in [2.45, 2.75) is 32.9 Å². The van der Waals surface area contributed by atoms with Crippen LogP contribution in [-0.2, 0) is 13.2 Å². The summed E-state index contributed by atoms with van der Waals surface area (Å²) in [6, 6.07) is 9.49. The second kappa shape index (κ2) is 6.68. The molecular weight excluding hydrogens is 242 g/mol. The van der Waals surface area contributed by atoms with Crippen LogP contribution in [0.4, 0.5) is 0 Å². The number of aldehydes is 1. The first kappa shape index (κ1) is 13.3. The van der Waals surface area contributed by atoms with Gasteiger partial charge < -0.3 is 4.74 Å². The number of carbonyl (C=O) groups is 1. The summed E-state index contributed by atoms with van der Waals surface area (Å²) in [5.74, 6) is 0.766. The van der Waals surface area contributed by atoms with E-state index in [1.54, 1.807) is 4.68 Å². The first-order valence-electron chi connectivity index (χ1n) is 6.40. The summed E-state index contributed by atoms with van der Waals surface area (Å²) in [6.07, 6.45) is 2.79. The number of para-hydroxylation sites is 1. The third kappa shape index (κ3) is 3.40. The fourth-order valence-corrected chi connectivity index (χ4v) is 1.74. The van der Waals surface area contributed by atoms with Gasteiger partial charge in [-0.2, -0.15) is 0 Å². The van der Waals surface area contributed by atoms with Crippen molar-refractivity contribution in [3.63, 3.8) is 0 Å². The number of aromatic nitrogens is 3. The molecular formula is C14H17N3O2. The van der Waals surface area contributed by atoms with E-state index >= 15 is 0 Å². The fourth-order valence-electron chi connectivity index (χ4n) is 1.74. The zero-order valence-electron chi connectivity index (χ0n) is 11.0. The highest BCUT2D eigenvalue weighted by atomic mass is 16.5. The van der Waals surface area contributed by atoms with Gasteiger partial charge >= 0.3 is 0 Å². The quantitative estimate of drug-likeness (QED) is 0.717. The van der Waals surface area contributed by atoms with Crippen molar-refractivity contribution in [2.24, 2.45) is 0 Å². The predicted octanol–water partition coefficient (Wildman–Crippen LogP) is 2.47. The number of nitrogens with zero attached hydrogens (tertiary/aromatic N) is 3. The molecule has 100 valence electrons. The first-order valence-corrected chi connectivity index (χ1v) is 6.40. The molecule has 0 atom stereocenters. The normalized spacial score (nSPS) is 10.4. The Kier molecular flexibility index (Phi) is 4.66. The Morgan fingerprint density at radius 2 is 2.11 bits per heavy atom. The van der Waals surface area contributed by atoms with Crippen LogP contribution in [0.2, 0.25) is 0 Å². The van der Waals surface area contributed by atoms with Crippen LogP contribution in [0.3, 0.4) is 0 Å². The molecule has 0 amide bonds. The van der Waals surface area contributed by atoms with E-state index in [1.165, 1.54) is 0 Å². The molecule has 2 rings (SSSR count). The van der Waals surface area contributed by atoms with Gasteiger partial charge in [-0.05, 0) is 18.6 Å². The van der Waals surface area contributed by atoms with Crippen LogP contribution >= 0.6 is 0 Å². The molecule has 0 unspecified atom stereocenters. The van der Waals surface area contributed by atoms with E-state index in [-0.39, 0.29) is 0 Å². The lowest BCUT2D eigenvalue weighted by Crippen LogP contribution is -2.09. The van der Waals surface area contributed by atoms with Gasteiger partial charge in [-0.15, -0.1) is 5.10 Å². The summed E-state index contributed by atoms with van der Waals surface area (Å²) in [7, 11) is 0. The summed E-state index contributed by atoms with van der Waals surface area (Å²) >= 11 is 0. The van der Waals surface area contributed by atoms with Crippen molar-refractivity contribution in [2.75, 3.05) is 0 Å². The molecule has 0 aliphatic carbocycles. The van der Waals surface area contributed by atoms with Gasteiger partial charge in [-0.25, -0.2) is 4.68 Å². The van der Waals surface area contributed by atoms with Crippen molar-refractivity contribution < 1.29 is 9.53 Å². The predicted molar refractivity (Wildman–Crippen MR) is 71.1 cm³/mol. The summed E-state index contributed by atoms with van der Waals surface area (Å²) in [5.41, 5.74) is 1.08. The molecule has 0 aliphatic rings. The van der Waals surface area contributed by atoms with Crippen molar-refractivity contribution >= 4 is 6.29 Å². The second-order valence-corrected chi connectivity index (χ2v) is 4.22. The summed E-state index contributed by atoms with van der Waals surface area (Å²) < 4.78 is 7.40. The highest BCUT2D eigenvalue weighted by Gasteiger charge is 2.12. The Morgan fingerprint density at radius 3 is 2.79 bits per heavy atom. The Labute approximate surface area is 112 Å². The topological polar surface area (TPSA) is 57.0 Å². The van der Waals surface area contributed by atoms with Crippen LogP contribution in [0.5, 0.6) is 5.75 Å². The van der Waals surface area contributed by atoms with Gasteiger partial charge in [-0.3, -0.25) is 4.79 Å². The lowest BCUT2D eigenvalue weighted by atomic mass is 10.3. The van der Waals surface area contributed by atoms with Crippen LogP contribution in [-0.4, -0.2) is 21.3 Å². The Morgan fingerprint density at radius 1 is 1.32 bits per heavy atom. The van der Waals surface area contributed by atoms with Gasteiger partial charge in [0.2, 0.25) is 0 Å². The van der Waals surface area contributed by atoms with E-state index in [0.717, 1.165) is 37.1 Å². The minimum atomic E-state index is 0.300. The molecule has 1 aromatic heterocycles. The van der Waals surface area contributed by atoms with Gasteiger partial charge in [0, 0.05) is 6.54 Å². The number of hydrogen-bond donors (Lipinski definition) is 0. The zero-order chi connectivity index (χ0) is 13.5. The average Bonchev–Trinajstić information content (AvgIpc) is 2.86. The van der Waals surface area contributed by atoms with E-state index < -0.39 is 0 Å². The minimum Gasteiger partial charge on any atom is -0.487 e. The highest BCUT2D eigenvalue weighted by Crippen LogP contribution is 2.13. The van der Waals surface area contributed by atoms with Crippen molar-refractivity contribution in [3.05, 3.63) is 41.7 Å². The smallest absolute Gasteiger partial charge is 0.172 e. The molecule has 0 aliphatic heterocycles. The molecule has 0 spiro atoms. The summed E-state index contributed by atoms with van der Waals surface area (Å²) in [5, 5.41) is 7.86. The Hall–Kier alpha value is -2.17. The number of benzene rings is 1. The Bertz CT molecular complexity index is 523. The van der Waals surface area contributed by atoms with E-state index in [2.05, 4.69) is 17.2 Å². The summed E-state index contributed by atoms with van der Waals surface area (Å²) in [6.45, 7) is 3.16. The molecule has 5 heteroatoms. The van der Waals surface area contributed by atoms with Crippen molar-refractivity contribution in [1.82, 2.24) is 15.0 Å². The third-order valence-corrected chi connectivity index (χ3v) is 2.82. The molecule has 0 saturated heterocycles. The third-order valence-electron chi connectivity index (χ3n) is 2.82. The average molecular weight is 259 g/mol. The van der Waals surface area contributed by atoms with Gasteiger partial charge in [0.1, 0.15) is 18.1 Å². The maximum absolute atomic E-state index is 11.0. The van der Waals surface area contributed by atoms with Crippen LogP contribution < -0.4 is 4.74 Å². The minimum absolute atomic E-state index is 0.300. The molecule has 5 nitrogen and oxygen atoms in total. The zero-order valence-corrected chi connectivity index (χ0v) is 11.0. The highest BCUT2D eigenvalue weighted by molar-refractivity contribution is 5.73.